The number of methoxy groups -OCH3 is 1. The molecule has 0 saturated carbocycles. The molecule has 0 spiro atoms. The molecule has 0 aliphatic rings. The Hall–Kier alpha value is -3.09. The average molecular weight is 289 g/mol. The van der Waals surface area contributed by atoms with E-state index in [0.717, 1.165) is 6.08 Å². The van der Waals surface area contributed by atoms with Crippen molar-refractivity contribution in [1.29, 1.82) is 0 Å². The van der Waals surface area contributed by atoms with Gasteiger partial charge in [-0.05, 0) is 24.3 Å². The van der Waals surface area contributed by atoms with Crippen LogP contribution in [0, 0.1) is 10.1 Å². The van der Waals surface area contributed by atoms with Crippen LogP contribution in [0.15, 0.2) is 40.8 Å². The van der Waals surface area contributed by atoms with E-state index in [9.17, 15) is 14.9 Å². The zero-order chi connectivity index (χ0) is 15.4. The van der Waals surface area contributed by atoms with Gasteiger partial charge in [-0.1, -0.05) is 0 Å². The molecule has 0 amide bonds. The summed E-state index contributed by atoms with van der Waals surface area (Å²) < 4.78 is 10.6. The summed E-state index contributed by atoms with van der Waals surface area (Å²) in [4.78, 5) is 20.7. The number of nitrogens with zero attached hydrogens (tertiary/aromatic N) is 1. The second-order valence-electron chi connectivity index (χ2n) is 4.02. The Balaban J connectivity index is 2.38. The van der Waals surface area contributed by atoms with Crippen LogP contribution in [0.2, 0.25) is 0 Å². The molecule has 0 atom stereocenters. The van der Waals surface area contributed by atoms with Crippen molar-refractivity contribution in [2.24, 2.45) is 0 Å². The van der Waals surface area contributed by atoms with Crippen molar-refractivity contribution in [2.75, 3.05) is 7.11 Å². The van der Waals surface area contributed by atoms with Gasteiger partial charge in [-0.15, -0.1) is 0 Å². The Morgan fingerprint density at radius 3 is 2.76 bits per heavy atom. The van der Waals surface area contributed by atoms with E-state index < -0.39 is 10.9 Å². The van der Waals surface area contributed by atoms with Gasteiger partial charge in [0.25, 0.3) is 5.69 Å². The lowest BCUT2D eigenvalue weighted by Crippen LogP contribution is -1.92. The number of furan rings is 1. The SMILES string of the molecule is COc1cc([N+](=O)[O-])ccc1-c1ccc(/C=C/C(=O)O)o1. The van der Waals surface area contributed by atoms with Crippen molar-refractivity contribution >= 4 is 17.7 Å². The number of rotatable bonds is 5. The van der Waals surface area contributed by atoms with Crippen molar-refractivity contribution < 1.29 is 24.0 Å². The lowest BCUT2D eigenvalue weighted by Gasteiger charge is -2.05. The van der Waals surface area contributed by atoms with Crippen molar-refractivity contribution in [2.45, 2.75) is 0 Å². The highest BCUT2D eigenvalue weighted by Crippen LogP contribution is 2.34. The Morgan fingerprint density at radius 1 is 1.38 bits per heavy atom. The second-order valence-corrected chi connectivity index (χ2v) is 4.02. The van der Waals surface area contributed by atoms with Crippen molar-refractivity contribution in [3.05, 3.63) is 52.3 Å². The maximum Gasteiger partial charge on any atom is 0.328 e. The zero-order valence-electron chi connectivity index (χ0n) is 11.0. The van der Waals surface area contributed by atoms with Crippen molar-refractivity contribution in [1.82, 2.24) is 0 Å². The maximum absolute atomic E-state index is 10.7. The van der Waals surface area contributed by atoms with Gasteiger partial charge in [-0.2, -0.15) is 0 Å². The van der Waals surface area contributed by atoms with Crippen LogP contribution in [-0.2, 0) is 4.79 Å². The highest BCUT2D eigenvalue weighted by Gasteiger charge is 2.15. The summed E-state index contributed by atoms with van der Waals surface area (Å²) >= 11 is 0. The number of ether oxygens (including phenoxy) is 1. The van der Waals surface area contributed by atoms with E-state index >= 15 is 0 Å². The number of carbonyl (C=O) groups is 1. The normalized spacial score (nSPS) is 10.7. The number of nitro benzene ring substituents is 1. The van der Waals surface area contributed by atoms with Crippen molar-refractivity contribution in [3.63, 3.8) is 0 Å². The number of hydrogen-bond acceptors (Lipinski definition) is 5. The topological polar surface area (TPSA) is 103 Å². The van der Waals surface area contributed by atoms with Gasteiger partial charge in [0.15, 0.2) is 0 Å². The number of carboxylic acid groups (broad SMARTS) is 1. The highest BCUT2D eigenvalue weighted by atomic mass is 16.6. The number of carboxylic acids is 1. The van der Waals surface area contributed by atoms with Gasteiger partial charge in [-0.25, -0.2) is 4.79 Å². The van der Waals surface area contributed by atoms with Gasteiger partial charge in [0.2, 0.25) is 0 Å². The van der Waals surface area contributed by atoms with Crippen molar-refractivity contribution in [3.8, 4) is 17.1 Å². The van der Waals surface area contributed by atoms with E-state index in [1.54, 1.807) is 12.1 Å². The van der Waals surface area contributed by atoms with E-state index in [4.69, 9.17) is 14.3 Å². The van der Waals surface area contributed by atoms with Crippen LogP contribution in [0.4, 0.5) is 5.69 Å². The van der Waals surface area contributed by atoms with Crippen LogP contribution in [0.1, 0.15) is 5.76 Å². The van der Waals surface area contributed by atoms with Gasteiger partial charge in [0.1, 0.15) is 17.3 Å². The standard InChI is InChI=1S/C14H11NO6/c1-20-13-8-9(15(18)19)2-5-11(13)12-6-3-10(21-12)4-7-14(16)17/h2-8H,1H3,(H,16,17)/b7-4+. The Kier molecular flexibility index (Phi) is 4.03. The molecule has 1 aromatic carbocycles. The molecular formula is C14H11NO6. The molecule has 0 saturated heterocycles. The zero-order valence-corrected chi connectivity index (χ0v) is 11.0. The average Bonchev–Trinajstić information content (AvgIpc) is 2.93. The minimum Gasteiger partial charge on any atom is -0.496 e. The van der Waals surface area contributed by atoms with Crippen LogP contribution in [-0.4, -0.2) is 23.1 Å². The molecule has 1 N–H and O–H groups in total. The molecule has 21 heavy (non-hydrogen) atoms. The lowest BCUT2D eigenvalue weighted by molar-refractivity contribution is -0.384. The number of benzene rings is 1. The fraction of sp³-hybridized carbons (Fsp3) is 0.0714. The molecular weight excluding hydrogens is 278 g/mol. The summed E-state index contributed by atoms with van der Waals surface area (Å²) in [5, 5.41) is 19.3. The summed E-state index contributed by atoms with van der Waals surface area (Å²) in [5.74, 6) is -0.00669. The third-order valence-corrected chi connectivity index (χ3v) is 2.68. The molecule has 7 nitrogen and oxygen atoms in total. The summed E-state index contributed by atoms with van der Waals surface area (Å²) in [7, 11) is 1.40. The molecule has 0 fully saturated rings. The molecule has 2 aromatic rings. The number of hydrogen-bond donors (Lipinski definition) is 1. The molecule has 1 aromatic heterocycles. The predicted octanol–water partition coefficient (Wildman–Crippen LogP) is 2.96. The van der Waals surface area contributed by atoms with E-state index in [1.165, 1.54) is 31.4 Å². The van der Waals surface area contributed by atoms with Gasteiger partial charge < -0.3 is 14.3 Å². The van der Waals surface area contributed by atoms with Crippen LogP contribution in [0.5, 0.6) is 5.75 Å². The van der Waals surface area contributed by atoms with Gasteiger partial charge in [0.05, 0.1) is 23.7 Å². The highest BCUT2D eigenvalue weighted by molar-refractivity contribution is 5.85. The molecule has 2 rings (SSSR count). The second kappa shape index (κ2) is 5.91. The number of non-ortho nitro benzene ring substituents is 1. The first-order valence-corrected chi connectivity index (χ1v) is 5.85. The summed E-state index contributed by atoms with van der Waals surface area (Å²) in [5.41, 5.74) is 0.450. The first-order valence-electron chi connectivity index (χ1n) is 5.85. The first kappa shape index (κ1) is 14.3. The Bertz CT molecular complexity index is 716. The smallest absolute Gasteiger partial charge is 0.328 e. The number of nitro groups is 1. The molecule has 0 unspecified atom stereocenters. The largest absolute Gasteiger partial charge is 0.496 e. The fourth-order valence-corrected chi connectivity index (χ4v) is 1.74. The summed E-state index contributed by atoms with van der Waals surface area (Å²) in [6.45, 7) is 0. The quantitative estimate of drug-likeness (QED) is 0.515. The molecule has 0 radical (unpaired) electrons. The maximum atomic E-state index is 10.7. The Morgan fingerprint density at radius 2 is 2.14 bits per heavy atom. The van der Waals surface area contributed by atoms with Gasteiger partial charge in [-0.3, -0.25) is 10.1 Å². The monoisotopic (exact) mass is 289 g/mol. The van der Waals surface area contributed by atoms with E-state index in [2.05, 4.69) is 0 Å². The fourth-order valence-electron chi connectivity index (χ4n) is 1.74. The molecule has 108 valence electrons. The third-order valence-electron chi connectivity index (χ3n) is 2.68. The van der Waals surface area contributed by atoms with E-state index in [0.29, 0.717) is 22.8 Å². The van der Waals surface area contributed by atoms with E-state index in [-0.39, 0.29) is 5.69 Å². The van der Waals surface area contributed by atoms with Gasteiger partial charge >= 0.3 is 5.97 Å². The first-order chi connectivity index (χ1) is 10.0. The lowest BCUT2D eigenvalue weighted by atomic mass is 10.1. The summed E-state index contributed by atoms with van der Waals surface area (Å²) in [6.07, 6.45) is 2.26. The van der Waals surface area contributed by atoms with E-state index in [1.807, 2.05) is 0 Å². The predicted molar refractivity (Wildman–Crippen MR) is 74.0 cm³/mol. The molecule has 7 heteroatoms. The molecule has 0 aliphatic carbocycles. The third kappa shape index (κ3) is 3.27. The molecule has 0 aliphatic heterocycles. The van der Waals surface area contributed by atoms with Crippen LogP contribution in [0.25, 0.3) is 17.4 Å². The van der Waals surface area contributed by atoms with Crippen LogP contribution in [0.3, 0.4) is 0 Å². The number of aliphatic carboxylic acids is 1. The van der Waals surface area contributed by atoms with Crippen LogP contribution >= 0.6 is 0 Å². The minimum atomic E-state index is -1.08. The van der Waals surface area contributed by atoms with Gasteiger partial charge in [0, 0.05) is 12.1 Å². The summed E-state index contributed by atoms with van der Waals surface area (Å²) in [6, 6.07) is 7.37. The van der Waals surface area contributed by atoms with Crippen LogP contribution < -0.4 is 4.74 Å². The molecule has 1 heterocycles. The Labute approximate surface area is 119 Å². The minimum absolute atomic E-state index is 0.0897. The molecule has 0 bridgehead atoms.